The smallest absolute Gasteiger partial charge is 0.344 e. The summed E-state index contributed by atoms with van der Waals surface area (Å²) in [5, 5.41) is 14.5. The second-order valence-corrected chi connectivity index (χ2v) is 19.0. The summed E-state index contributed by atoms with van der Waals surface area (Å²) in [7, 11) is 6.34. The molecule has 1 spiro atoms. The highest BCUT2D eigenvalue weighted by atomic mass is 16.6. The summed E-state index contributed by atoms with van der Waals surface area (Å²) in [5.41, 5.74) is 0.0512. The molecule has 1 aromatic heterocycles. The summed E-state index contributed by atoms with van der Waals surface area (Å²) in [6.45, 7) is 7.65. The molecule has 4 fully saturated rings. The van der Waals surface area contributed by atoms with Gasteiger partial charge in [0.1, 0.15) is 11.2 Å². The van der Waals surface area contributed by atoms with E-state index < -0.39 is 45.9 Å². The molecule has 2 aliphatic carbocycles. The number of aromatic amines is 1. The van der Waals surface area contributed by atoms with Gasteiger partial charge in [-0.2, -0.15) is 0 Å². The van der Waals surface area contributed by atoms with Gasteiger partial charge < -0.3 is 38.8 Å². The Morgan fingerprint density at radius 3 is 2.47 bits per heavy atom. The Kier molecular flexibility index (Phi) is 9.32. The standard InChI is InChI=1S/C48H60N4O8/c1-7-45-18-12-20-52-22-19-46(40(45)52)34-23-35(38(57-4)24-37(34)50(3)41(46)48(56,44(55)59-6)42(45)60-28(2)53)47(43(54)58-5)25-30-27-51(26-29-13-8-9-14-31(29)30)21-17-33-32-15-10-11-16-36(32)49-39(33)47/h10-12,15-16,18,23-24,29-31,40-42,49,56H,7-9,13-14,17,19-22,25-27H2,1-6H3/t29?,30-,31?,40-,41?,42?,45+,46?,47+,48-/m0/s1. The van der Waals surface area contributed by atoms with Gasteiger partial charge in [-0.3, -0.25) is 14.5 Å². The molecule has 12 heteroatoms. The second-order valence-electron chi connectivity index (χ2n) is 19.0. The van der Waals surface area contributed by atoms with Crippen LogP contribution in [0.5, 0.6) is 5.75 Å². The summed E-state index contributed by atoms with van der Waals surface area (Å²) in [6, 6.07) is 11.4. The van der Waals surface area contributed by atoms with Crippen molar-refractivity contribution in [2.45, 2.75) is 99.8 Å². The van der Waals surface area contributed by atoms with Crippen LogP contribution in [0.2, 0.25) is 0 Å². The Balaban J connectivity index is 1.28. The molecule has 7 aliphatic rings. The number of H-pyrrole nitrogens is 1. The number of anilines is 1. The highest BCUT2D eigenvalue weighted by Crippen LogP contribution is 2.68. The fourth-order valence-corrected chi connectivity index (χ4v) is 14.7. The van der Waals surface area contributed by atoms with Gasteiger partial charge in [-0.15, -0.1) is 0 Å². The molecule has 0 radical (unpaired) electrons. The van der Waals surface area contributed by atoms with Crippen LogP contribution in [0, 0.1) is 23.2 Å². The number of para-hydroxylation sites is 1. The van der Waals surface area contributed by atoms with Gasteiger partial charge in [0.15, 0.2) is 6.10 Å². The number of ether oxygens (including phenoxy) is 4. The Morgan fingerprint density at radius 1 is 0.950 bits per heavy atom. The van der Waals surface area contributed by atoms with Crippen molar-refractivity contribution in [1.29, 1.82) is 0 Å². The number of hydrogen-bond acceptors (Lipinski definition) is 11. The summed E-state index contributed by atoms with van der Waals surface area (Å²) in [4.78, 5) is 53.9. The monoisotopic (exact) mass is 820 g/mol. The summed E-state index contributed by atoms with van der Waals surface area (Å²) >= 11 is 0. The number of esters is 3. The average Bonchev–Trinajstić information content (AvgIpc) is 3.92. The van der Waals surface area contributed by atoms with E-state index in [1.807, 2.05) is 31.0 Å². The first-order valence-corrected chi connectivity index (χ1v) is 22.2. The normalized spacial score (nSPS) is 37.6. The van der Waals surface area contributed by atoms with E-state index in [4.69, 9.17) is 18.9 Å². The molecule has 6 heterocycles. The van der Waals surface area contributed by atoms with Gasteiger partial charge in [-0.05, 0) is 86.1 Å². The lowest BCUT2D eigenvalue weighted by molar-refractivity contribution is -0.228. The van der Waals surface area contributed by atoms with Crippen LogP contribution >= 0.6 is 0 Å². The molecule has 10 rings (SSSR count). The number of nitrogens with zero attached hydrogens (tertiary/aromatic N) is 3. The molecular weight excluding hydrogens is 761 g/mol. The fraction of sp³-hybridized carbons (Fsp3) is 0.604. The zero-order chi connectivity index (χ0) is 41.9. The number of nitrogens with one attached hydrogen (secondary N) is 1. The lowest BCUT2D eigenvalue weighted by Crippen LogP contribution is -2.81. The van der Waals surface area contributed by atoms with Gasteiger partial charge in [0.2, 0.25) is 5.60 Å². The van der Waals surface area contributed by atoms with Crippen LogP contribution in [0.15, 0.2) is 48.6 Å². The maximum atomic E-state index is 15.5. The fourth-order valence-electron chi connectivity index (χ4n) is 14.7. The third kappa shape index (κ3) is 5.04. The Hall–Kier alpha value is -4.39. The molecule has 2 saturated carbocycles. The van der Waals surface area contributed by atoms with E-state index in [1.165, 1.54) is 40.4 Å². The van der Waals surface area contributed by atoms with Gasteiger partial charge in [0.05, 0.1) is 27.4 Å². The summed E-state index contributed by atoms with van der Waals surface area (Å²) in [6.07, 6.45) is 10.1. The van der Waals surface area contributed by atoms with Crippen LogP contribution < -0.4 is 9.64 Å². The minimum Gasteiger partial charge on any atom is -0.496 e. The molecule has 2 aromatic carbocycles. The molecule has 2 saturated heterocycles. The third-order valence-corrected chi connectivity index (χ3v) is 16.8. The molecule has 2 N–H and O–H groups in total. The lowest BCUT2D eigenvalue weighted by atomic mass is 9.47. The van der Waals surface area contributed by atoms with Crippen LogP contribution in [-0.2, 0) is 45.8 Å². The van der Waals surface area contributed by atoms with Gasteiger partial charge >= 0.3 is 17.9 Å². The summed E-state index contributed by atoms with van der Waals surface area (Å²) < 4.78 is 24.2. The van der Waals surface area contributed by atoms with E-state index in [0.717, 1.165) is 71.5 Å². The number of aromatic nitrogens is 1. The van der Waals surface area contributed by atoms with Crippen molar-refractivity contribution in [2.24, 2.45) is 23.2 Å². The highest BCUT2D eigenvalue weighted by molar-refractivity contribution is 5.95. The van der Waals surface area contributed by atoms with Gasteiger partial charge in [0.25, 0.3) is 0 Å². The van der Waals surface area contributed by atoms with Crippen molar-refractivity contribution < 1.29 is 38.4 Å². The number of piperidine rings is 1. The molecule has 0 amide bonds. The maximum absolute atomic E-state index is 15.5. The molecule has 5 aliphatic heterocycles. The largest absolute Gasteiger partial charge is 0.496 e. The number of fused-ring (bicyclic) bond motifs is 8. The summed E-state index contributed by atoms with van der Waals surface area (Å²) in [5.74, 6) is 0.0532. The average molecular weight is 821 g/mol. The number of carbonyl (C=O) groups excluding carboxylic acids is 3. The van der Waals surface area contributed by atoms with Crippen molar-refractivity contribution in [3.8, 4) is 5.75 Å². The topological polar surface area (TPSA) is 134 Å². The molecular formula is C48H60N4O8. The Labute approximate surface area is 352 Å². The van der Waals surface area contributed by atoms with Crippen molar-refractivity contribution in [2.75, 3.05) is 66.0 Å². The Morgan fingerprint density at radius 2 is 1.72 bits per heavy atom. The van der Waals surface area contributed by atoms with Crippen molar-refractivity contribution in [3.05, 3.63) is 70.9 Å². The third-order valence-electron chi connectivity index (χ3n) is 16.8. The number of benzene rings is 2. The molecule has 320 valence electrons. The van der Waals surface area contributed by atoms with Crippen LogP contribution in [0.4, 0.5) is 5.69 Å². The molecule has 6 unspecified atom stereocenters. The molecule has 2 bridgehead atoms. The first-order chi connectivity index (χ1) is 28.9. The minimum atomic E-state index is -2.27. The lowest BCUT2D eigenvalue weighted by Gasteiger charge is -2.63. The van der Waals surface area contributed by atoms with Gasteiger partial charge in [0, 0.05) is 90.9 Å². The first kappa shape index (κ1) is 39.7. The van der Waals surface area contributed by atoms with Crippen molar-refractivity contribution >= 4 is 34.5 Å². The number of likely N-dealkylation sites (N-methyl/N-ethyl adjacent to an activating group) is 1. The number of rotatable bonds is 6. The first-order valence-electron chi connectivity index (χ1n) is 22.2. The molecule has 12 nitrogen and oxygen atoms in total. The van der Waals surface area contributed by atoms with E-state index >= 15 is 4.79 Å². The van der Waals surface area contributed by atoms with Crippen LogP contribution in [0.3, 0.4) is 0 Å². The van der Waals surface area contributed by atoms with E-state index in [0.29, 0.717) is 49.9 Å². The quantitative estimate of drug-likeness (QED) is 0.192. The van der Waals surface area contributed by atoms with Crippen LogP contribution in [-0.4, -0.2) is 123 Å². The number of aliphatic hydroxyl groups is 1. The van der Waals surface area contributed by atoms with Crippen molar-refractivity contribution in [3.63, 3.8) is 0 Å². The van der Waals surface area contributed by atoms with E-state index in [2.05, 4.69) is 51.2 Å². The van der Waals surface area contributed by atoms with E-state index in [1.54, 1.807) is 7.11 Å². The SMILES string of the molecule is CC[C@]12C=CCN3CCC4(c5cc([C@]6(C(=O)OC)C[C@H]7CN(CCc8c6[nH]c6ccccc86)CC6CCCCC67)c(OC)cc5N(C)C4[C@@](O)(C(=O)OC)C1OC(C)=O)[C@@H]32. The molecule has 60 heavy (non-hydrogen) atoms. The Bertz CT molecular complexity index is 2290. The number of hydrogen-bond donors (Lipinski definition) is 2. The highest BCUT2D eigenvalue weighted by Gasteiger charge is 2.80. The predicted molar refractivity (Wildman–Crippen MR) is 226 cm³/mol. The van der Waals surface area contributed by atoms with Crippen LogP contribution in [0.25, 0.3) is 10.9 Å². The predicted octanol–water partition coefficient (Wildman–Crippen LogP) is 5.27. The molecule has 3 aromatic rings. The van der Waals surface area contributed by atoms with E-state index in [-0.39, 0.29) is 17.9 Å². The van der Waals surface area contributed by atoms with Crippen molar-refractivity contribution in [1.82, 2.24) is 14.8 Å². The van der Waals surface area contributed by atoms with Gasteiger partial charge in [-0.1, -0.05) is 50.1 Å². The van der Waals surface area contributed by atoms with Crippen LogP contribution in [0.1, 0.15) is 81.2 Å². The second kappa shape index (κ2) is 14.1. The minimum absolute atomic E-state index is 0.217. The van der Waals surface area contributed by atoms with Gasteiger partial charge in [-0.25, -0.2) is 4.79 Å². The number of carbonyl (C=O) groups is 3. The molecule has 11 atom stereocenters. The zero-order valence-electron chi connectivity index (χ0n) is 35.9. The number of methoxy groups -OCH3 is 3. The maximum Gasteiger partial charge on any atom is 0.344 e. The van der Waals surface area contributed by atoms with E-state index in [9.17, 15) is 14.7 Å². The zero-order valence-corrected chi connectivity index (χ0v) is 35.9.